The molecule has 0 saturated carbocycles. The molecule has 3 aliphatic rings. The predicted molar refractivity (Wildman–Crippen MR) is 418 cm³/mol. The van der Waals surface area contributed by atoms with Crippen LogP contribution in [0.4, 0.5) is 0 Å². The van der Waals surface area contributed by atoms with Crippen molar-refractivity contribution >= 4 is 29.4 Å². The molecule has 3 aliphatic heterocycles. The Morgan fingerprint density at radius 1 is 0.374 bits per heavy atom. The minimum absolute atomic E-state index is 0. The van der Waals surface area contributed by atoms with Crippen LogP contribution >= 0.6 is 0 Å². The first-order valence-electron chi connectivity index (χ1n) is 28.6. The standard InChI is InChI=1S/C54H98N4O21.20CH4/c1-33(2)18-29-73-25-9-22-55-41(63)13-8-14-44(66)58-54(19-15-37(62)12-6-7-26-74-51-34(3)45(67)48(70)38(30-59)77-51,20-16-42(64)56-23-10-27-75-52-35(4)46(68)49(71)39(31-60)78-52)21-17-43(65)57-24-11-28-76-53-36(5)47(69)50(72)40(32-61)79-53;;;;;;;;;;;;;;;;;;;;/h33-36,38-40,45-53,59-61,67-72H,6-32H2,1-5H3,(H,55,63)(H,56,64)(H,57,65)(H,58,66);20*1H4/t34?,35?,36?,38?,39?,40?,45-,46-,47-,48+,49+,50+,51-,52-,53-,54?;;;;;;;;;;;;;;;;;;;;/m1..................../s1. The third-order valence-electron chi connectivity index (χ3n) is 14.9. The Morgan fingerprint density at radius 2 is 0.677 bits per heavy atom. The van der Waals surface area contributed by atoms with Crippen molar-refractivity contribution in [2.45, 2.75) is 365 Å². The molecular weight excluding hydrogens is 1280 g/mol. The zero-order chi connectivity index (χ0) is 58.5. The molecule has 25 nitrogen and oxygen atoms in total. The number of carbonyl (C=O) groups is 5. The molecule has 99 heavy (non-hydrogen) atoms. The molecule has 0 aromatic rings. The number of amides is 4. The molecule has 13 N–H and O–H groups in total. The average molecular weight is 1460 g/mol. The molecule has 0 aliphatic carbocycles. The van der Waals surface area contributed by atoms with E-state index in [1.807, 2.05) is 0 Å². The number of ketones is 1. The molecule has 3 rings (SSSR count). The van der Waals surface area contributed by atoms with Crippen molar-refractivity contribution in [3.05, 3.63) is 0 Å². The molecule has 0 aromatic heterocycles. The molecule has 0 bridgehead atoms. The Labute approximate surface area is 612 Å². The maximum atomic E-state index is 13.9. The predicted octanol–water partition coefficient (Wildman–Crippen LogP) is 11.7. The second-order valence-corrected chi connectivity index (χ2v) is 21.9. The molecule has 3 heterocycles. The number of ether oxygens (including phenoxy) is 7. The van der Waals surface area contributed by atoms with Gasteiger partial charge in [0.15, 0.2) is 18.9 Å². The largest absolute Gasteiger partial charge is 0.394 e. The fourth-order valence-electron chi connectivity index (χ4n) is 9.48. The van der Waals surface area contributed by atoms with Crippen LogP contribution < -0.4 is 21.3 Å². The lowest BCUT2D eigenvalue weighted by Crippen LogP contribution is -2.55. The Morgan fingerprint density at radius 3 is 1.01 bits per heavy atom. The summed E-state index contributed by atoms with van der Waals surface area (Å²) in [6.07, 6.45) is -9.86. The van der Waals surface area contributed by atoms with Gasteiger partial charge in [-0.2, -0.15) is 0 Å². The number of hydrogen-bond acceptors (Lipinski definition) is 21. The van der Waals surface area contributed by atoms with Crippen molar-refractivity contribution < 1.29 is 103 Å². The second kappa shape index (κ2) is 77.5. The van der Waals surface area contributed by atoms with E-state index in [1.165, 1.54) is 0 Å². The van der Waals surface area contributed by atoms with E-state index in [0.29, 0.717) is 57.8 Å². The number of hydrogen-bond donors (Lipinski definition) is 13. The van der Waals surface area contributed by atoms with Crippen LogP contribution in [0.1, 0.15) is 286 Å². The molecule has 3 saturated heterocycles. The number of Topliss-reactive ketones (excluding diaryl/α,β-unsaturated/α-hetero) is 1. The van der Waals surface area contributed by atoms with Gasteiger partial charge in [-0.05, 0) is 70.1 Å². The van der Waals surface area contributed by atoms with Crippen molar-refractivity contribution in [1.82, 2.24) is 21.3 Å². The SMILES string of the molecule is C.C.C.C.C.C.C.C.C.C.C.C.C.C.C.C.C.C.C.C.CC(C)CCOCCCNC(=O)CCCC(=O)NC(CCC(=O)CCCCO[C@@H]1OC(CO)[C@H](O)[C@H](O)C1C)(CCC(=O)NCCCO[C@@H]1OC(CO)[C@H](O)[C@H](O)C1C)CCC(=O)NCCCO[C@@H]1OC(CO)[C@H](O)[C@H](O)C1C. The summed E-state index contributed by atoms with van der Waals surface area (Å²) in [5.74, 6) is -2.85. The summed E-state index contributed by atoms with van der Waals surface area (Å²) in [6, 6.07) is 0. The second-order valence-electron chi connectivity index (χ2n) is 21.9. The maximum absolute atomic E-state index is 13.9. The summed E-state index contributed by atoms with van der Waals surface area (Å²) in [5, 5.41) is 102. The summed E-state index contributed by atoms with van der Waals surface area (Å²) in [5.41, 5.74) is -1.25. The van der Waals surface area contributed by atoms with Gasteiger partial charge in [0.2, 0.25) is 23.6 Å². The number of aliphatic hydroxyl groups is 9. The highest BCUT2D eigenvalue weighted by Gasteiger charge is 2.45. The van der Waals surface area contributed by atoms with Gasteiger partial charge in [0.1, 0.15) is 42.4 Å². The summed E-state index contributed by atoms with van der Waals surface area (Å²) in [4.78, 5) is 67.1. The lowest BCUT2D eigenvalue weighted by Gasteiger charge is -2.40. The molecule has 4 amide bonds. The van der Waals surface area contributed by atoms with Gasteiger partial charge in [-0.15, -0.1) is 0 Å². The van der Waals surface area contributed by atoms with Gasteiger partial charge >= 0.3 is 0 Å². The van der Waals surface area contributed by atoms with Gasteiger partial charge in [0.25, 0.3) is 0 Å². The minimum atomic E-state index is -1.28. The van der Waals surface area contributed by atoms with E-state index in [4.69, 9.17) is 33.2 Å². The third kappa shape index (κ3) is 51.7. The zero-order valence-corrected chi connectivity index (χ0v) is 47.3. The lowest BCUT2D eigenvalue weighted by atomic mass is 9.82. The van der Waals surface area contributed by atoms with Gasteiger partial charge < -0.3 is 100 Å². The Bertz CT molecular complexity index is 1610. The van der Waals surface area contributed by atoms with Crippen molar-refractivity contribution in [1.29, 1.82) is 0 Å². The van der Waals surface area contributed by atoms with E-state index in [0.717, 1.165) is 6.42 Å². The molecule has 0 radical (unpaired) electrons. The van der Waals surface area contributed by atoms with Gasteiger partial charge in [-0.1, -0.05) is 183 Å². The van der Waals surface area contributed by atoms with Crippen LogP contribution in [-0.2, 0) is 57.1 Å². The third-order valence-corrected chi connectivity index (χ3v) is 14.9. The van der Waals surface area contributed by atoms with E-state index in [2.05, 4.69) is 35.1 Å². The van der Waals surface area contributed by atoms with Gasteiger partial charge in [0.05, 0.1) is 51.3 Å². The van der Waals surface area contributed by atoms with Crippen LogP contribution in [-0.4, -0.2) is 227 Å². The topological polar surface area (TPSA) is 380 Å². The van der Waals surface area contributed by atoms with E-state index in [9.17, 15) is 69.9 Å². The summed E-state index contributed by atoms with van der Waals surface area (Å²) < 4.78 is 39.9. The van der Waals surface area contributed by atoms with E-state index < -0.39 is 123 Å². The molecule has 25 heteroatoms. The first-order valence-corrected chi connectivity index (χ1v) is 28.6. The summed E-state index contributed by atoms with van der Waals surface area (Å²) in [7, 11) is 0. The highest BCUT2D eigenvalue weighted by atomic mass is 16.7. The summed E-state index contributed by atoms with van der Waals surface area (Å²) in [6.45, 7) is 9.87. The highest BCUT2D eigenvalue weighted by molar-refractivity contribution is 5.81. The van der Waals surface area contributed by atoms with Crippen molar-refractivity contribution in [2.75, 3.05) is 72.5 Å². The van der Waals surface area contributed by atoms with Crippen LogP contribution in [0, 0.1) is 23.7 Å². The van der Waals surface area contributed by atoms with Crippen molar-refractivity contribution in [3.8, 4) is 0 Å². The normalized spacial score (nSPS) is 23.8. The van der Waals surface area contributed by atoms with Crippen LogP contribution in [0.2, 0.25) is 0 Å². The van der Waals surface area contributed by atoms with Crippen LogP contribution in [0.5, 0.6) is 0 Å². The van der Waals surface area contributed by atoms with Crippen LogP contribution in [0.25, 0.3) is 0 Å². The maximum Gasteiger partial charge on any atom is 0.220 e. The van der Waals surface area contributed by atoms with Gasteiger partial charge in [-0.3, -0.25) is 24.0 Å². The number of rotatable bonds is 40. The van der Waals surface area contributed by atoms with E-state index in [-0.39, 0.29) is 269 Å². The lowest BCUT2D eigenvalue weighted by molar-refractivity contribution is -0.282. The highest BCUT2D eigenvalue weighted by Crippen LogP contribution is 2.31. The molecular formula is C74H178N4O21. The molecule has 6 unspecified atom stereocenters. The monoisotopic (exact) mass is 1460 g/mol. The fourth-order valence-corrected chi connectivity index (χ4v) is 9.48. The Hall–Kier alpha value is -3.09. The van der Waals surface area contributed by atoms with E-state index in [1.54, 1.807) is 20.8 Å². The number of unbranched alkanes of at least 4 members (excludes halogenated alkanes) is 1. The zero-order valence-electron chi connectivity index (χ0n) is 47.3. The molecule has 3 fully saturated rings. The van der Waals surface area contributed by atoms with Gasteiger partial charge in [0, 0.05) is 101 Å². The molecule has 620 valence electrons. The Kier molecular flexibility index (Phi) is 111. The quantitative estimate of drug-likeness (QED) is 0.0253. The number of aliphatic hydroxyl groups excluding tert-OH is 9. The van der Waals surface area contributed by atoms with E-state index >= 15 is 0 Å². The van der Waals surface area contributed by atoms with Crippen LogP contribution in [0.3, 0.4) is 0 Å². The van der Waals surface area contributed by atoms with Crippen molar-refractivity contribution in [3.63, 3.8) is 0 Å². The number of nitrogens with one attached hydrogen (secondary N) is 4. The van der Waals surface area contributed by atoms with Gasteiger partial charge in [-0.25, -0.2) is 0 Å². The molecule has 0 aromatic carbocycles. The first kappa shape index (κ1) is 142. The first-order chi connectivity index (χ1) is 37.7. The smallest absolute Gasteiger partial charge is 0.220 e. The summed E-state index contributed by atoms with van der Waals surface area (Å²) >= 11 is 0. The molecule has 15 atom stereocenters. The number of carbonyl (C=O) groups excluding carboxylic acids is 5. The minimum Gasteiger partial charge on any atom is -0.394 e. The van der Waals surface area contributed by atoms with Crippen LogP contribution in [0.15, 0.2) is 0 Å². The average Bonchev–Trinajstić information content (AvgIpc) is 0.852. The Balaban J connectivity index is -0.000000205. The fraction of sp³-hybridized carbons (Fsp3) is 0.932. The molecule has 0 spiro atoms. The van der Waals surface area contributed by atoms with Crippen molar-refractivity contribution in [2.24, 2.45) is 23.7 Å².